The maximum atomic E-state index is 12.4. The Balaban J connectivity index is 1.74. The van der Waals surface area contributed by atoms with Gasteiger partial charge in [0.05, 0.1) is 22.0 Å². The lowest BCUT2D eigenvalue weighted by molar-refractivity contribution is 0.594. The summed E-state index contributed by atoms with van der Waals surface area (Å²) in [4.78, 5) is 2.50. The molecule has 116 valence electrons. The standard InChI is InChI=1S/C16H17BrN2O2S/c17-13-5-7-14(8-6-13)22(20,21)12-11-19-10-9-18-15-3-1-2-4-16(15)19/h1-8,18H,9-12H2. The van der Waals surface area contributed by atoms with Gasteiger partial charge in [-0.25, -0.2) is 8.42 Å². The van der Waals surface area contributed by atoms with E-state index in [1.54, 1.807) is 24.3 Å². The van der Waals surface area contributed by atoms with Crippen molar-refractivity contribution in [2.45, 2.75) is 4.90 Å². The van der Waals surface area contributed by atoms with Crippen molar-refractivity contribution >= 4 is 37.1 Å². The Hall–Kier alpha value is -1.53. The molecule has 0 radical (unpaired) electrons. The van der Waals surface area contributed by atoms with Crippen molar-refractivity contribution < 1.29 is 8.42 Å². The highest BCUT2D eigenvalue weighted by Crippen LogP contribution is 2.28. The monoisotopic (exact) mass is 380 g/mol. The number of benzene rings is 2. The molecule has 1 aliphatic heterocycles. The summed E-state index contributed by atoms with van der Waals surface area (Å²) in [5.74, 6) is 0.114. The molecule has 6 heteroatoms. The maximum Gasteiger partial charge on any atom is 0.180 e. The van der Waals surface area contributed by atoms with Crippen LogP contribution in [-0.2, 0) is 9.84 Å². The molecule has 1 aliphatic rings. The second-order valence-corrected chi connectivity index (χ2v) is 8.23. The summed E-state index contributed by atoms with van der Waals surface area (Å²) < 4.78 is 25.8. The summed E-state index contributed by atoms with van der Waals surface area (Å²) in [6.45, 7) is 2.14. The normalized spacial score (nSPS) is 14.3. The highest BCUT2D eigenvalue weighted by molar-refractivity contribution is 9.10. The van der Waals surface area contributed by atoms with Crippen LogP contribution in [-0.4, -0.2) is 33.8 Å². The van der Waals surface area contributed by atoms with E-state index in [9.17, 15) is 8.42 Å². The molecule has 22 heavy (non-hydrogen) atoms. The molecule has 4 nitrogen and oxygen atoms in total. The molecule has 0 saturated heterocycles. The largest absolute Gasteiger partial charge is 0.382 e. The molecule has 1 heterocycles. The topological polar surface area (TPSA) is 49.4 Å². The van der Waals surface area contributed by atoms with Crippen molar-refractivity contribution in [3.63, 3.8) is 0 Å². The van der Waals surface area contributed by atoms with Gasteiger partial charge in [-0.2, -0.15) is 0 Å². The van der Waals surface area contributed by atoms with Gasteiger partial charge in [-0.1, -0.05) is 28.1 Å². The SMILES string of the molecule is O=S(=O)(CCN1CCNc2ccccc21)c1ccc(Br)cc1. The average molecular weight is 381 g/mol. The fourth-order valence-electron chi connectivity index (χ4n) is 2.57. The summed E-state index contributed by atoms with van der Waals surface area (Å²) in [7, 11) is -3.26. The van der Waals surface area contributed by atoms with Crippen LogP contribution in [0.25, 0.3) is 0 Å². The number of nitrogens with one attached hydrogen (secondary N) is 1. The average Bonchev–Trinajstić information content (AvgIpc) is 2.53. The molecule has 0 amide bonds. The van der Waals surface area contributed by atoms with Crippen molar-refractivity contribution in [1.82, 2.24) is 0 Å². The van der Waals surface area contributed by atoms with Gasteiger partial charge in [0.1, 0.15) is 0 Å². The Kier molecular flexibility index (Phi) is 4.40. The number of halogens is 1. The minimum Gasteiger partial charge on any atom is -0.382 e. The summed E-state index contributed by atoms with van der Waals surface area (Å²) >= 11 is 3.32. The number of anilines is 2. The summed E-state index contributed by atoms with van der Waals surface area (Å²) in [5.41, 5.74) is 2.13. The highest BCUT2D eigenvalue weighted by Gasteiger charge is 2.20. The van der Waals surface area contributed by atoms with Gasteiger partial charge in [0.2, 0.25) is 0 Å². The highest BCUT2D eigenvalue weighted by atomic mass is 79.9. The fraction of sp³-hybridized carbons (Fsp3) is 0.250. The molecular weight excluding hydrogens is 364 g/mol. The van der Waals surface area contributed by atoms with E-state index in [0.29, 0.717) is 11.4 Å². The zero-order valence-electron chi connectivity index (χ0n) is 12.0. The predicted octanol–water partition coefficient (Wildman–Crippen LogP) is 3.15. The van der Waals surface area contributed by atoms with Crippen molar-refractivity contribution in [3.8, 4) is 0 Å². The lowest BCUT2D eigenvalue weighted by Gasteiger charge is -2.31. The van der Waals surface area contributed by atoms with Crippen LogP contribution in [0.3, 0.4) is 0 Å². The Morgan fingerprint density at radius 1 is 1.09 bits per heavy atom. The summed E-state index contributed by atoms with van der Waals surface area (Å²) in [5, 5.41) is 3.33. The molecule has 3 rings (SSSR count). The third kappa shape index (κ3) is 3.28. The summed E-state index contributed by atoms with van der Waals surface area (Å²) in [6, 6.07) is 14.8. The summed E-state index contributed by atoms with van der Waals surface area (Å²) in [6.07, 6.45) is 0. The van der Waals surface area contributed by atoms with E-state index in [1.165, 1.54) is 0 Å². The van der Waals surface area contributed by atoms with Crippen LogP contribution in [0.2, 0.25) is 0 Å². The van der Waals surface area contributed by atoms with E-state index >= 15 is 0 Å². The number of para-hydroxylation sites is 2. The first kappa shape index (κ1) is 15.4. The van der Waals surface area contributed by atoms with E-state index in [4.69, 9.17) is 0 Å². The quantitative estimate of drug-likeness (QED) is 0.884. The van der Waals surface area contributed by atoms with Gasteiger partial charge in [-0.05, 0) is 36.4 Å². The van der Waals surface area contributed by atoms with Gasteiger partial charge in [0.15, 0.2) is 9.84 Å². The van der Waals surface area contributed by atoms with Gasteiger partial charge < -0.3 is 10.2 Å². The molecule has 0 aliphatic carbocycles. The van der Waals surface area contributed by atoms with E-state index < -0.39 is 9.84 Å². The van der Waals surface area contributed by atoms with Crippen LogP contribution >= 0.6 is 15.9 Å². The second-order valence-electron chi connectivity index (χ2n) is 5.20. The Morgan fingerprint density at radius 3 is 2.59 bits per heavy atom. The number of fused-ring (bicyclic) bond motifs is 1. The molecule has 0 saturated carbocycles. The first-order chi connectivity index (χ1) is 10.6. The van der Waals surface area contributed by atoms with Gasteiger partial charge >= 0.3 is 0 Å². The lowest BCUT2D eigenvalue weighted by atomic mass is 10.2. The Labute approximate surface area is 139 Å². The zero-order valence-corrected chi connectivity index (χ0v) is 14.4. The molecule has 2 aromatic carbocycles. The van der Waals surface area contributed by atoms with Crippen LogP contribution in [0.15, 0.2) is 57.9 Å². The maximum absolute atomic E-state index is 12.4. The van der Waals surface area contributed by atoms with Crippen molar-refractivity contribution in [2.24, 2.45) is 0 Å². The first-order valence-electron chi connectivity index (χ1n) is 7.12. The number of hydrogen-bond donors (Lipinski definition) is 1. The number of rotatable bonds is 4. The van der Waals surface area contributed by atoms with Crippen molar-refractivity contribution in [2.75, 3.05) is 35.6 Å². The van der Waals surface area contributed by atoms with Gasteiger partial charge in [0.25, 0.3) is 0 Å². The van der Waals surface area contributed by atoms with Crippen molar-refractivity contribution in [1.29, 1.82) is 0 Å². The lowest BCUT2D eigenvalue weighted by Crippen LogP contribution is -2.37. The van der Waals surface area contributed by atoms with Gasteiger partial charge in [0, 0.05) is 24.1 Å². The molecule has 0 unspecified atom stereocenters. The molecule has 0 fully saturated rings. The Bertz CT molecular complexity index is 760. The van der Waals surface area contributed by atoms with Crippen LogP contribution in [0.1, 0.15) is 0 Å². The number of nitrogens with zero attached hydrogens (tertiary/aromatic N) is 1. The van der Waals surface area contributed by atoms with E-state index in [2.05, 4.69) is 26.1 Å². The number of hydrogen-bond acceptors (Lipinski definition) is 4. The number of sulfone groups is 1. The van der Waals surface area contributed by atoms with E-state index in [0.717, 1.165) is 28.9 Å². The van der Waals surface area contributed by atoms with Crippen LogP contribution in [0.4, 0.5) is 11.4 Å². The van der Waals surface area contributed by atoms with E-state index in [1.807, 2.05) is 24.3 Å². The minimum absolute atomic E-state index is 0.114. The molecule has 1 N–H and O–H groups in total. The van der Waals surface area contributed by atoms with Gasteiger partial charge in [-0.15, -0.1) is 0 Å². The fourth-order valence-corrected chi connectivity index (χ4v) is 4.08. The van der Waals surface area contributed by atoms with Crippen LogP contribution < -0.4 is 10.2 Å². The third-order valence-electron chi connectivity index (χ3n) is 3.74. The Morgan fingerprint density at radius 2 is 1.82 bits per heavy atom. The van der Waals surface area contributed by atoms with Crippen LogP contribution in [0, 0.1) is 0 Å². The smallest absolute Gasteiger partial charge is 0.180 e. The van der Waals surface area contributed by atoms with E-state index in [-0.39, 0.29) is 5.75 Å². The molecule has 2 aromatic rings. The predicted molar refractivity (Wildman–Crippen MR) is 93.3 cm³/mol. The molecular formula is C16H17BrN2O2S. The van der Waals surface area contributed by atoms with Gasteiger partial charge in [-0.3, -0.25) is 0 Å². The first-order valence-corrected chi connectivity index (χ1v) is 9.57. The molecule has 0 atom stereocenters. The third-order valence-corrected chi connectivity index (χ3v) is 5.98. The minimum atomic E-state index is -3.26. The van der Waals surface area contributed by atoms with Crippen molar-refractivity contribution in [3.05, 3.63) is 53.0 Å². The zero-order chi connectivity index (χ0) is 15.6. The molecule has 0 spiro atoms. The second kappa shape index (κ2) is 6.30. The van der Waals surface area contributed by atoms with Crippen LogP contribution in [0.5, 0.6) is 0 Å². The molecule has 0 aromatic heterocycles. The molecule has 0 bridgehead atoms.